The van der Waals surface area contributed by atoms with Gasteiger partial charge in [-0.25, -0.2) is 9.97 Å². The van der Waals surface area contributed by atoms with E-state index in [4.69, 9.17) is 5.73 Å². The minimum absolute atomic E-state index is 0.0403. The van der Waals surface area contributed by atoms with Gasteiger partial charge in [0.2, 0.25) is 17.7 Å². The molecule has 2 saturated heterocycles. The molecule has 2 aromatic carbocycles. The van der Waals surface area contributed by atoms with Crippen LogP contribution in [0.15, 0.2) is 83.0 Å². The molecule has 0 radical (unpaired) electrons. The van der Waals surface area contributed by atoms with Gasteiger partial charge in [-0.05, 0) is 130 Å². The molecule has 2 saturated carbocycles. The summed E-state index contributed by atoms with van der Waals surface area (Å²) in [7, 11) is 0. The van der Waals surface area contributed by atoms with E-state index in [0.29, 0.717) is 22.9 Å². The zero-order valence-corrected chi connectivity index (χ0v) is 37.2. The van der Waals surface area contributed by atoms with Crippen molar-refractivity contribution in [2.24, 2.45) is 17.1 Å². The number of hydrogen-bond acceptors (Lipinski definition) is 13. The number of carbonyl (C=O) groups excluding carboxylic acids is 5. The average molecular weight is 896 g/mol. The van der Waals surface area contributed by atoms with Crippen LogP contribution in [0.5, 0.6) is 0 Å². The van der Waals surface area contributed by atoms with Crippen molar-refractivity contribution in [1.29, 1.82) is 0 Å². The van der Waals surface area contributed by atoms with Gasteiger partial charge in [-0.1, -0.05) is 23.9 Å². The lowest BCUT2D eigenvalue weighted by Gasteiger charge is -2.39. The van der Waals surface area contributed by atoms with Crippen LogP contribution in [0.25, 0.3) is 5.57 Å². The maximum atomic E-state index is 13.5. The van der Waals surface area contributed by atoms with Gasteiger partial charge in [-0.3, -0.25) is 34.2 Å². The molecular weight excluding hydrogens is 843 g/mol. The summed E-state index contributed by atoms with van der Waals surface area (Å²) < 4.78 is 0. The fourth-order valence-corrected chi connectivity index (χ4v) is 11.1. The first kappa shape index (κ1) is 42.9. The molecule has 2 unspecified atom stereocenters. The lowest BCUT2D eigenvalue weighted by atomic mass is 9.80. The number of piperidine rings is 2. The number of nitrogens with two attached hydrogens (primary N) is 1. The van der Waals surface area contributed by atoms with Gasteiger partial charge < -0.3 is 26.2 Å². The fraction of sp³-hybridized carbons (Fsp3) is 0.438. The Kier molecular flexibility index (Phi) is 11.5. The van der Waals surface area contributed by atoms with Gasteiger partial charge >= 0.3 is 0 Å². The second kappa shape index (κ2) is 17.4. The van der Waals surface area contributed by atoms with Crippen LogP contribution in [0.4, 0.5) is 17.2 Å². The number of anilines is 3. The minimum Gasteiger partial charge on any atom is -0.355 e. The summed E-state index contributed by atoms with van der Waals surface area (Å²) in [5, 5.41) is 17.8. The summed E-state index contributed by atoms with van der Waals surface area (Å²) in [6.07, 6.45) is 14.2. The van der Waals surface area contributed by atoms with E-state index in [1.54, 1.807) is 24.3 Å². The first-order valence-corrected chi connectivity index (χ1v) is 23.5. The van der Waals surface area contributed by atoms with E-state index in [2.05, 4.69) is 58.9 Å². The molecule has 17 heteroatoms. The van der Waals surface area contributed by atoms with Gasteiger partial charge in [0.25, 0.3) is 11.8 Å². The Morgan fingerprint density at radius 2 is 1.69 bits per heavy atom. The van der Waals surface area contributed by atoms with Crippen LogP contribution in [0.2, 0.25) is 0 Å². The van der Waals surface area contributed by atoms with E-state index in [0.717, 1.165) is 110 Å². The Labute approximate surface area is 381 Å². The number of nitrogens with zero attached hydrogens (tertiary/aromatic N) is 7. The molecule has 4 aliphatic heterocycles. The smallest absolute Gasteiger partial charge is 0.276 e. The van der Waals surface area contributed by atoms with Gasteiger partial charge in [0.05, 0.1) is 18.1 Å². The number of nitrogens with one attached hydrogen (secondary N) is 3. The van der Waals surface area contributed by atoms with Gasteiger partial charge in [-0.2, -0.15) is 5.10 Å². The summed E-state index contributed by atoms with van der Waals surface area (Å²) >= 11 is 1.53. The van der Waals surface area contributed by atoms with Gasteiger partial charge in [0, 0.05) is 78.5 Å². The predicted octanol–water partition coefficient (Wildman–Crippen LogP) is 5.43. The summed E-state index contributed by atoms with van der Waals surface area (Å²) in [6.45, 7) is 5.81. The number of imide groups is 1. The van der Waals surface area contributed by atoms with E-state index in [-0.39, 0.29) is 59.7 Å². The zero-order chi connectivity index (χ0) is 44.9. The van der Waals surface area contributed by atoms with Crippen LogP contribution in [0.1, 0.15) is 103 Å². The van der Waals surface area contributed by atoms with E-state index < -0.39 is 17.9 Å². The molecule has 16 nitrogen and oxygen atoms in total. The van der Waals surface area contributed by atoms with E-state index in [1.165, 1.54) is 16.7 Å². The standard InChI is InChI=1S/C48H53N11O5S/c1-47(49)17-21-58(22-18-47)40-26-51-42(27-50-40)65-34-4-2-3-31(24-34)52-43(61)36-25-48(36)15-11-33(12-16-48)57-19-13-29(14-20-57)37-7-8-38(56-55-37)44(62)53-32-5-6-35-30(23-32)28-59(46(35)64)39-9-10-41(60)54-45(39)63/h2-8,13,23-24,26-27,33,36,39H,9-12,14-22,25,28,49H2,1H3,(H,52,61)(H,53,62)(H,54,60,63). The fourth-order valence-electron chi connectivity index (χ4n) is 10.3. The Morgan fingerprint density at radius 1 is 0.877 bits per heavy atom. The van der Waals surface area contributed by atoms with Crippen molar-refractivity contribution >= 4 is 64.1 Å². The van der Waals surface area contributed by atoms with Gasteiger partial charge in [0.1, 0.15) is 16.9 Å². The van der Waals surface area contributed by atoms with Crippen molar-refractivity contribution in [1.82, 2.24) is 35.3 Å². The topological polar surface area (TPSA) is 209 Å². The van der Waals surface area contributed by atoms with Crippen molar-refractivity contribution < 1.29 is 24.0 Å². The van der Waals surface area contributed by atoms with Crippen molar-refractivity contribution in [2.75, 3.05) is 41.7 Å². The lowest BCUT2D eigenvalue weighted by Crippen LogP contribution is -2.52. The quantitative estimate of drug-likeness (QED) is 0.147. The second-order valence-electron chi connectivity index (χ2n) is 18.8. The van der Waals surface area contributed by atoms with Crippen LogP contribution in [0.3, 0.4) is 0 Å². The second-order valence-corrected chi connectivity index (χ2v) is 19.9. The number of carbonyl (C=O) groups is 5. The molecule has 2 aromatic heterocycles. The third kappa shape index (κ3) is 9.13. The maximum Gasteiger partial charge on any atom is 0.276 e. The van der Waals surface area contributed by atoms with Crippen molar-refractivity contribution in [3.63, 3.8) is 0 Å². The van der Waals surface area contributed by atoms with Crippen LogP contribution in [-0.4, -0.2) is 103 Å². The van der Waals surface area contributed by atoms with Crippen LogP contribution < -0.4 is 26.6 Å². The molecule has 5 N–H and O–H groups in total. The average Bonchev–Trinajstić information content (AvgIpc) is 3.91. The lowest BCUT2D eigenvalue weighted by molar-refractivity contribution is -0.137. The summed E-state index contributed by atoms with van der Waals surface area (Å²) in [5.41, 5.74) is 10.8. The Balaban J connectivity index is 0.668. The number of benzene rings is 2. The summed E-state index contributed by atoms with van der Waals surface area (Å²) in [5.74, 6) is -0.465. The summed E-state index contributed by atoms with van der Waals surface area (Å²) in [4.78, 5) is 80.3. The predicted molar refractivity (Wildman–Crippen MR) is 245 cm³/mol. The van der Waals surface area contributed by atoms with E-state index in [9.17, 15) is 24.0 Å². The van der Waals surface area contributed by atoms with Crippen LogP contribution >= 0.6 is 11.8 Å². The first-order chi connectivity index (χ1) is 31.4. The monoisotopic (exact) mass is 895 g/mol. The van der Waals surface area contributed by atoms with Crippen molar-refractivity contribution in [3.8, 4) is 0 Å². The highest BCUT2D eigenvalue weighted by Gasteiger charge is 2.58. The molecule has 2 atom stereocenters. The number of amides is 5. The number of fused-ring (bicyclic) bond motifs is 1. The molecule has 0 bridgehead atoms. The number of rotatable bonds is 10. The van der Waals surface area contributed by atoms with Gasteiger partial charge in [0.15, 0.2) is 5.69 Å². The number of aromatic nitrogens is 4. The van der Waals surface area contributed by atoms with E-state index >= 15 is 0 Å². The SMILES string of the molecule is CC1(N)CCN(c2cnc(Sc3cccc(NC(=O)C4CC45CCC(N4CC=C(c6ccc(C(=O)Nc7ccc8c(c7)CN(C7CCC(=O)NC7=O)C8=O)nn6)CC4)CC5)c3)cn2)CC1. The third-order valence-corrected chi connectivity index (χ3v) is 15.3. The Bertz CT molecular complexity index is 2570. The Hall–Kier alpha value is -6.04. The molecule has 336 valence electrons. The van der Waals surface area contributed by atoms with Crippen LogP contribution in [0, 0.1) is 11.3 Å². The zero-order valence-electron chi connectivity index (χ0n) is 36.4. The first-order valence-electron chi connectivity index (χ1n) is 22.7. The van der Waals surface area contributed by atoms with Crippen LogP contribution in [-0.2, 0) is 20.9 Å². The van der Waals surface area contributed by atoms with Gasteiger partial charge in [-0.15, -0.1) is 5.10 Å². The minimum atomic E-state index is -0.706. The Morgan fingerprint density at radius 3 is 2.42 bits per heavy atom. The highest BCUT2D eigenvalue weighted by atomic mass is 32.2. The molecule has 4 aromatic rings. The van der Waals surface area contributed by atoms with Crippen molar-refractivity contribution in [3.05, 3.63) is 95.6 Å². The third-order valence-electron chi connectivity index (χ3n) is 14.4. The maximum absolute atomic E-state index is 13.5. The van der Waals surface area contributed by atoms with E-state index in [1.807, 2.05) is 42.7 Å². The highest BCUT2D eigenvalue weighted by Crippen LogP contribution is 2.62. The molecule has 65 heavy (non-hydrogen) atoms. The molecule has 6 aliphatic rings. The molecule has 10 rings (SSSR count). The molecular formula is C48H53N11O5S. The molecule has 1 spiro atoms. The summed E-state index contributed by atoms with van der Waals surface area (Å²) in [6, 6.07) is 16.3. The molecule has 4 fully saturated rings. The molecule has 5 amide bonds. The van der Waals surface area contributed by atoms with Crippen molar-refractivity contribution in [2.45, 2.75) is 105 Å². The molecule has 2 aliphatic carbocycles. The normalized spacial score (nSPS) is 25.2. The molecule has 6 heterocycles. The largest absolute Gasteiger partial charge is 0.355 e. The highest BCUT2D eigenvalue weighted by molar-refractivity contribution is 7.99. The number of hydrogen-bond donors (Lipinski definition) is 4.